The summed E-state index contributed by atoms with van der Waals surface area (Å²) in [7, 11) is 0. The Morgan fingerprint density at radius 1 is 1.30 bits per heavy atom. The fourth-order valence-electron chi connectivity index (χ4n) is 2.73. The lowest BCUT2D eigenvalue weighted by Crippen LogP contribution is -2.34. The molecule has 1 saturated heterocycles. The van der Waals surface area contributed by atoms with E-state index in [9.17, 15) is 9.59 Å². The first-order valence-corrected chi connectivity index (χ1v) is 7.45. The average molecular weight is 314 g/mol. The van der Waals surface area contributed by atoms with Gasteiger partial charge in [0.1, 0.15) is 5.82 Å². The van der Waals surface area contributed by atoms with E-state index in [1.165, 1.54) is 4.90 Å². The summed E-state index contributed by atoms with van der Waals surface area (Å²) in [6, 6.07) is 9.16. The van der Waals surface area contributed by atoms with E-state index in [-0.39, 0.29) is 12.6 Å². The number of carbonyl (C=O) groups excluding carboxylic acids is 1. The Morgan fingerprint density at radius 3 is 2.78 bits per heavy atom. The van der Waals surface area contributed by atoms with Crippen LogP contribution in [0.15, 0.2) is 36.5 Å². The van der Waals surface area contributed by atoms with Gasteiger partial charge in [-0.2, -0.15) is 5.10 Å². The van der Waals surface area contributed by atoms with E-state index in [4.69, 9.17) is 5.11 Å². The first kappa shape index (κ1) is 15.1. The van der Waals surface area contributed by atoms with E-state index in [0.717, 1.165) is 11.3 Å². The van der Waals surface area contributed by atoms with Crippen LogP contribution in [0.1, 0.15) is 12.0 Å². The van der Waals surface area contributed by atoms with Crippen molar-refractivity contribution in [2.75, 3.05) is 18.4 Å². The van der Waals surface area contributed by atoms with Crippen LogP contribution in [-0.2, 0) is 4.79 Å². The highest BCUT2D eigenvalue weighted by Crippen LogP contribution is 2.21. The van der Waals surface area contributed by atoms with Crippen LogP contribution in [0.2, 0.25) is 0 Å². The number of aliphatic carboxylic acids is 1. The van der Waals surface area contributed by atoms with Gasteiger partial charge in [0.15, 0.2) is 0 Å². The fraction of sp³-hybridized carbons (Fsp3) is 0.312. The molecule has 0 saturated carbocycles. The molecule has 3 rings (SSSR count). The van der Waals surface area contributed by atoms with Crippen LogP contribution in [0.5, 0.6) is 0 Å². The van der Waals surface area contributed by atoms with Gasteiger partial charge < -0.3 is 10.0 Å². The van der Waals surface area contributed by atoms with Crippen LogP contribution in [0.4, 0.5) is 10.6 Å². The van der Waals surface area contributed by atoms with Gasteiger partial charge in [-0.3, -0.25) is 10.1 Å². The number of carbonyl (C=O) groups is 2. The van der Waals surface area contributed by atoms with Crippen LogP contribution in [0.25, 0.3) is 5.69 Å². The summed E-state index contributed by atoms with van der Waals surface area (Å²) in [5, 5.41) is 16.1. The van der Waals surface area contributed by atoms with E-state index >= 15 is 0 Å². The first-order valence-electron chi connectivity index (χ1n) is 7.45. The third-order valence-corrected chi connectivity index (χ3v) is 4.05. The average Bonchev–Trinajstić information content (AvgIpc) is 3.17. The highest BCUT2D eigenvalue weighted by Gasteiger charge is 2.31. The van der Waals surface area contributed by atoms with Crippen LogP contribution < -0.4 is 5.32 Å². The Bertz CT molecular complexity index is 740. The fourth-order valence-corrected chi connectivity index (χ4v) is 2.73. The molecular formula is C16H18N4O3. The van der Waals surface area contributed by atoms with E-state index in [1.54, 1.807) is 16.9 Å². The van der Waals surface area contributed by atoms with E-state index in [0.29, 0.717) is 18.8 Å². The second kappa shape index (κ2) is 6.12. The molecule has 1 atom stereocenters. The second-order valence-corrected chi connectivity index (χ2v) is 5.61. The monoisotopic (exact) mass is 314 g/mol. The van der Waals surface area contributed by atoms with Gasteiger partial charge in [-0.05, 0) is 25.0 Å². The number of hydrogen-bond acceptors (Lipinski definition) is 3. The standard InChI is InChI=1S/C16H18N4O3/c1-11-4-2-3-5-13(11)20-14(6-8-17-20)18-16(23)19-9-7-12(10-19)15(21)22/h2-6,8,12H,7,9-10H2,1H3,(H,18,23)(H,21,22). The highest BCUT2D eigenvalue weighted by atomic mass is 16.4. The number of carboxylic acids is 1. The second-order valence-electron chi connectivity index (χ2n) is 5.61. The van der Waals surface area contributed by atoms with Crippen LogP contribution >= 0.6 is 0 Å². The van der Waals surface area contributed by atoms with Gasteiger partial charge in [0, 0.05) is 19.2 Å². The zero-order chi connectivity index (χ0) is 16.4. The summed E-state index contributed by atoms with van der Waals surface area (Å²) in [4.78, 5) is 24.8. The summed E-state index contributed by atoms with van der Waals surface area (Å²) in [5.74, 6) is -0.782. The SMILES string of the molecule is Cc1ccccc1-n1nccc1NC(=O)N1CCC(C(=O)O)C1. The van der Waals surface area contributed by atoms with Crippen LogP contribution in [0, 0.1) is 12.8 Å². The molecule has 1 aromatic carbocycles. The Balaban J connectivity index is 1.75. The number of nitrogens with one attached hydrogen (secondary N) is 1. The van der Waals surface area contributed by atoms with Crippen LogP contribution in [0.3, 0.4) is 0 Å². The smallest absolute Gasteiger partial charge is 0.323 e. The van der Waals surface area contributed by atoms with Gasteiger partial charge in [-0.1, -0.05) is 18.2 Å². The lowest BCUT2D eigenvalue weighted by molar-refractivity contribution is -0.141. The molecule has 0 bridgehead atoms. The number of aromatic nitrogens is 2. The Morgan fingerprint density at radius 2 is 2.09 bits per heavy atom. The Hall–Kier alpha value is -2.83. The number of nitrogens with zero attached hydrogens (tertiary/aromatic N) is 3. The molecule has 1 unspecified atom stereocenters. The van der Waals surface area contributed by atoms with E-state index in [1.807, 2.05) is 31.2 Å². The number of anilines is 1. The molecule has 0 spiro atoms. The Labute approximate surface area is 133 Å². The van der Waals surface area contributed by atoms with Crippen molar-refractivity contribution in [3.05, 3.63) is 42.1 Å². The van der Waals surface area contributed by atoms with E-state index in [2.05, 4.69) is 10.4 Å². The number of amides is 2. The predicted molar refractivity (Wildman–Crippen MR) is 84.6 cm³/mol. The lowest BCUT2D eigenvalue weighted by atomic mass is 10.1. The molecule has 2 aromatic rings. The van der Waals surface area contributed by atoms with Gasteiger partial charge in [0.2, 0.25) is 0 Å². The maximum atomic E-state index is 12.3. The Kier molecular flexibility index (Phi) is 4.01. The minimum Gasteiger partial charge on any atom is -0.481 e. The van der Waals surface area contributed by atoms with Gasteiger partial charge in [-0.25, -0.2) is 9.48 Å². The molecule has 0 radical (unpaired) electrons. The number of para-hydroxylation sites is 1. The first-order chi connectivity index (χ1) is 11.1. The number of urea groups is 1. The topological polar surface area (TPSA) is 87.5 Å². The number of benzene rings is 1. The number of aryl methyl sites for hydroxylation is 1. The van der Waals surface area contributed by atoms with E-state index < -0.39 is 11.9 Å². The molecule has 1 aliphatic heterocycles. The van der Waals surface area contributed by atoms with Gasteiger partial charge >= 0.3 is 12.0 Å². The number of carboxylic acid groups (broad SMARTS) is 1. The molecule has 0 aliphatic carbocycles. The minimum atomic E-state index is -0.856. The van der Waals surface area contributed by atoms with Crippen molar-refractivity contribution >= 4 is 17.8 Å². The molecular weight excluding hydrogens is 296 g/mol. The van der Waals surface area contributed by atoms with Crippen molar-refractivity contribution in [2.24, 2.45) is 5.92 Å². The molecule has 1 fully saturated rings. The molecule has 7 nitrogen and oxygen atoms in total. The van der Waals surface area contributed by atoms with Gasteiger partial charge in [0.25, 0.3) is 0 Å². The molecule has 2 heterocycles. The summed E-state index contributed by atoms with van der Waals surface area (Å²) in [6.45, 7) is 2.65. The quantitative estimate of drug-likeness (QED) is 0.908. The maximum absolute atomic E-state index is 12.3. The molecule has 7 heteroatoms. The predicted octanol–water partition coefficient (Wildman–Crippen LogP) is 2.12. The van der Waals surface area contributed by atoms with Crippen molar-refractivity contribution < 1.29 is 14.7 Å². The van der Waals surface area contributed by atoms with Crippen molar-refractivity contribution in [1.82, 2.24) is 14.7 Å². The summed E-state index contributed by atoms with van der Waals surface area (Å²) >= 11 is 0. The van der Waals surface area contributed by atoms with Crippen molar-refractivity contribution in [1.29, 1.82) is 0 Å². The zero-order valence-electron chi connectivity index (χ0n) is 12.8. The molecule has 23 heavy (non-hydrogen) atoms. The van der Waals surface area contributed by atoms with Crippen molar-refractivity contribution in [3.8, 4) is 5.69 Å². The third kappa shape index (κ3) is 3.03. The minimum absolute atomic E-state index is 0.236. The highest BCUT2D eigenvalue weighted by molar-refractivity contribution is 5.89. The van der Waals surface area contributed by atoms with Gasteiger partial charge in [-0.15, -0.1) is 0 Å². The molecule has 2 amide bonds. The number of rotatable bonds is 3. The van der Waals surface area contributed by atoms with Crippen LogP contribution in [-0.4, -0.2) is 44.9 Å². The number of hydrogen-bond donors (Lipinski definition) is 2. The molecule has 1 aliphatic rings. The number of likely N-dealkylation sites (tertiary alicyclic amines) is 1. The maximum Gasteiger partial charge on any atom is 0.323 e. The molecule has 2 N–H and O–H groups in total. The summed E-state index contributed by atoms with van der Waals surface area (Å²) in [6.07, 6.45) is 2.10. The largest absolute Gasteiger partial charge is 0.481 e. The summed E-state index contributed by atoms with van der Waals surface area (Å²) < 4.78 is 1.66. The molecule has 120 valence electrons. The summed E-state index contributed by atoms with van der Waals surface area (Å²) in [5.41, 5.74) is 1.93. The van der Waals surface area contributed by atoms with Crippen molar-refractivity contribution in [2.45, 2.75) is 13.3 Å². The normalized spacial score (nSPS) is 17.3. The third-order valence-electron chi connectivity index (χ3n) is 4.05. The zero-order valence-corrected chi connectivity index (χ0v) is 12.8. The van der Waals surface area contributed by atoms with Gasteiger partial charge in [0.05, 0.1) is 17.8 Å². The van der Waals surface area contributed by atoms with Crippen molar-refractivity contribution in [3.63, 3.8) is 0 Å². The lowest BCUT2D eigenvalue weighted by Gasteiger charge is -2.17. The molecule has 1 aromatic heterocycles.